The summed E-state index contributed by atoms with van der Waals surface area (Å²) in [6.07, 6.45) is 0.239. The van der Waals surface area contributed by atoms with Gasteiger partial charge in [0.25, 0.3) is 0 Å². The van der Waals surface area contributed by atoms with E-state index in [-0.39, 0.29) is 23.0 Å². The summed E-state index contributed by atoms with van der Waals surface area (Å²) in [5, 5.41) is 2.70. The van der Waals surface area contributed by atoms with E-state index in [4.69, 9.17) is 0 Å². The predicted molar refractivity (Wildman–Crippen MR) is 80.8 cm³/mol. The van der Waals surface area contributed by atoms with Crippen LogP contribution in [0.15, 0.2) is 47.4 Å². The van der Waals surface area contributed by atoms with Crippen LogP contribution in [-0.4, -0.2) is 14.3 Å². The highest BCUT2D eigenvalue weighted by Crippen LogP contribution is 2.27. The molecule has 0 fully saturated rings. The zero-order chi connectivity index (χ0) is 15.0. The number of hydrogen-bond donors (Lipinski definition) is 1. The minimum atomic E-state index is -3.41. The molecule has 1 amide bonds. The summed E-state index contributed by atoms with van der Waals surface area (Å²) in [4.78, 5) is 11.6. The quantitative estimate of drug-likeness (QED) is 0.947. The van der Waals surface area contributed by atoms with Gasteiger partial charge in [-0.2, -0.15) is 0 Å². The number of hydrogen-bond acceptors (Lipinski definition) is 3. The summed E-state index contributed by atoms with van der Waals surface area (Å²) in [6, 6.07) is 12.3. The Bertz CT molecular complexity index is 825. The summed E-state index contributed by atoms with van der Waals surface area (Å²) in [7, 11) is -3.41. The second-order valence-electron chi connectivity index (χ2n) is 5.23. The molecule has 0 aromatic heterocycles. The van der Waals surface area contributed by atoms with Crippen LogP contribution in [0.2, 0.25) is 0 Å². The maximum absolute atomic E-state index is 12.5. The number of nitrogens with one attached hydrogen (secondary N) is 1. The number of carbonyl (C=O) groups is 1. The molecule has 1 heterocycles. The van der Waals surface area contributed by atoms with Crippen LogP contribution in [0.3, 0.4) is 0 Å². The number of rotatable bonds is 3. The Morgan fingerprint density at radius 1 is 1.14 bits per heavy atom. The number of anilines is 1. The Kier molecular flexibility index (Phi) is 3.29. The van der Waals surface area contributed by atoms with E-state index in [0.29, 0.717) is 5.69 Å². The van der Waals surface area contributed by atoms with E-state index in [1.165, 1.54) is 0 Å². The van der Waals surface area contributed by atoms with Crippen LogP contribution in [0.25, 0.3) is 0 Å². The Labute approximate surface area is 123 Å². The van der Waals surface area contributed by atoms with E-state index >= 15 is 0 Å². The zero-order valence-corrected chi connectivity index (χ0v) is 12.4. The molecule has 0 unspecified atom stereocenters. The Morgan fingerprint density at radius 2 is 1.90 bits per heavy atom. The normalized spacial score (nSPS) is 13.9. The van der Waals surface area contributed by atoms with Crippen molar-refractivity contribution in [3.05, 3.63) is 59.2 Å². The standard InChI is InChI=1S/C16H15NO3S/c1-11-4-2-3-5-12(11)10-21(19,20)14-6-7-15-13(8-14)9-16(18)17-15/h2-8H,9-10H2,1H3,(H,17,18). The molecular weight excluding hydrogens is 286 g/mol. The van der Waals surface area contributed by atoms with Crippen LogP contribution in [-0.2, 0) is 26.8 Å². The molecule has 1 aliphatic rings. The average Bonchev–Trinajstić information content (AvgIpc) is 2.80. The largest absolute Gasteiger partial charge is 0.326 e. The average molecular weight is 301 g/mol. The van der Waals surface area contributed by atoms with Gasteiger partial charge in [0.1, 0.15) is 0 Å². The van der Waals surface area contributed by atoms with Gasteiger partial charge in [0.2, 0.25) is 5.91 Å². The van der Waals surface area contributed by atoms with Crippen molar-refractivity contribution in [2.75, 3.05) is 5.32 Å². The van der Waals surface area contributed by atoms with Gasteiger partial charge in [-0.05, 0) is 41.8 Å². The van der Waals surface area contributed by atoms with Gasteiger partial charge in [-0.15, -0.1) is 0 Å². The van der Waals surface area contributed by atoms with Crippen molar-refractivity contribution in [2.45, 2.75) is 24.0 Å². The molecule has 4 nitrogen and oxygen atoms in total. The molecule has 1 aliphatic heterocycles. The van der Waals surface area contributed by atoms with Crippen molar-refractivity contribution < 1.29 is 13.2 Å². The molecule has 21 heavy (non-hydrogen) atoms. The van der Waals surface area contributed by atoms with Crippen molar-refractivity contribution in [2.24, 2.45) is 0 Å². The molecule has 0 spiro atoms. The van der Waals surface area contributed by atoms with Crippen LogP contribution >= 0.6 is 0 Å². The molecule has 0 aliphatic carbocycles. The lowest BCUT2D eigenvalue weighted by molar-refractivity contribution is -0.115. The molecule has 0 saturated carbocycles. The Hall–Kier alpha value is -2.14. The number of fused-ring (bicyclic) bond motifs is 1. The van der Waals surface area contributed by atoms with E-state index in [0.717, 1.165) is 16.7 Å². The second kappa shape index (κ2) is 5.00. The molecule has 0 saturated heterocycles. The molecule has 2 aromatic carbocycles. The molecule has 0 bridgehead atoms. The van der Waals surface area contributed by atoms with E-state index in [1.807, 2.05) is 31.2 Å². The fraction of sp³-hybridized carbons (Fsp3) is 0.188. The Balaban J connectivity index is 1.95. The molecule has 3 rings (SSSR count). The number of sulfone groups is 1. The first kappa shape index (κ1) is 13.8. The molecule has 0 atom stereocenters. The van der Waals surface area contributed by atoms with Crippen molar-refractivity contribution in [3.8, 4) is 0 Å². The van der Waals surface area contributed by atoms with Crippen LogP contribution in [0.1, 0.15) is 16.7 Å². The zero-order valence-electron chi connectivity index (χ0n) is 11.6. The van der Waals surface area contributed by atoms with E-state index in [2.05, 4.69) is 5.32 Å². The fourth-order valence-corrected chi connectivity index (χ4v) is 3.96. The fourth-order valence-electron chi connectivity index (χ4n) is 2.46. The summed E-state index contributed by atoms with van der Waals surface area (Å²) < 4.78 is 25.1. The van der Waals surface area contributed by atoms with Gasteiger partial charge >= 0.3 is 0 Å². The van der Waals surface area contributed by atoms with Crippen molar-refractivity contribution >= 4 is 21.4 Å². The highest BCUT2D eigenvalue weighted by molar-refractivity contribution is 7.90. The van der Waals surface area contributed by atoms with Crippen LogP contribution < -0.4 is 5.32 Å². The lowest BCUT2D eigenvalue weighted by Crippen LogP contribution is -2.06. The second-order valence-corrected chi connectivity index (χ2v) is 7.22. The van der Waals surface area contributed by atoms with Gasteiger partial charge in [0.15, 0.2) is 9.84 Å². The first-order chi connectivity index (χ1) is 9.95. The van der Waals surface area contributed by atoms with Gasteiger partial charge in [0.05, 0.1) is 17.1 Å². The number of carbonyl (C=O) groups excluding carboxylic acids is 1. The van der Waals surface area contributed by atoms with Gasteiger partial charge in [-0.1, -0.05) is 24.3 Å². The third kappa shape index (κ3) is 2.69. The smallest absolute Gasteiger partial charge is 0.228 e. The van der Waals surface area contributed by atoms with E-state index in [1.54, 1.807) is 18.2 Å². The molecule has 1 N–H and O–H groups in total. The summed E-state index contributed by atoms with van der Waals surface area (Å²) >= 11 is 0. The number of benzene rings is 2. The summed E-state index contributed by atoms with van der Waals surface area (Å²) in [6.45, 7) is 1.90. The first-order valence-electron chi connectivity index (χ1n) is 6.66. The third-order valence-corrected chi connectivity index (χ3v) is 5.33. The van der Waals surface area contributed by atoms with Gasteiger partial charge in [-0.3, -0.25) is 4.79 Å². The lowest BCUT2D eigenvalue weighted by atomic mass is 10.1. The highest BCUT2D eigenvalue weighted by Gasteiger charge is 2.22. The van der Waals surface area contributed by atoms with Gasteiger partial charge in [-0.25, -0.2) is 8.42 Å². The van der Waals surface area contributed by atoms with Crippen LogP contribution in [0.4, 0.5) is 5.69 Å². The van der Waals surface area contributed by atoms with Crippen molar-refractivity contribution in [3.63, 3.8) is 0 Å². The summed E-state index contributed by atoms with van der Waals surface area (Å²) in [5.41, 5.74) is 3.20. The molecular formula is C16H15NO3S. The molecule has 0 radical (unpaired) electrons. The Morgan fingerprint density at radius 3 is 2.67 bits per heavy atom. The minimum absolute atomic E-state index is 0.0279. The highest BCUT2D eigenvalue weighted by atomic mass is 32.2. The predicted octanol–water partition coefficient (Wildman–Crippen LogP) is 2.46. The number of amides is 1. The van der Waals surface area contributed by atoms with Crippen molar-refractivity contribution in [1.82, 2.24) is 0 Å². The van der Waals surface area contributed by atoms with Gasteiger partial charge in [0, 0.05) is 5.69 Å². The first-order valence-corrected chi connectivity index (χ1v) is 8.31. The SMILES string of the molecule is Cc1ccccc1CS(=O)(=O)c1ccc2c(c1)CC(=O)N2. The topological polar surface area (TPSA) is 63.2 Å². The maximum atomic E-state index is 12.5. The van der Waals surface area contributed by atoms with Crippen LogP contribution in [0.5, 0.6) is 0 Å². The third-order valence-electron chi connectivity index (χ3n) is 3.67. The van der Waals surface area contributed by atoms with Crippen molar-refractivity contribution in [1.29, 1.82) is 0 Å². The molecule has 2 aromatic rings. The molecule has 108 valence electrons. The lowest BCUT2D eigenvalue weighted by Gasteiger charge is -2.08. The van der Waals surface area contributed by atoms with Gasteiger partial charge < -0.3 is 5.32 Å². The monoisotopic (exact) mass is 301 g/mol. The molecule has 5 heteroatoms. The van der Waals surface area contributed by atoms with E-state index in [9.17, 15) is 13.2 Å². The van der Waals surface area contributed by atoms with E-state index < -0.39 is 9.84 Å². The number of aryl methyl sites for hydroxylation is 1. The van der Waals surface area contributed by atoms with Crippen LogP contribution in [0, 0.1) is 6.92 Å². The summed E-state index contributed by atoms with van der Waals surface area (Å²) in [5.74, 6) is -0.127. The minimum Gasteiger partial charge on any atom is -0.326 e. The maximum Gasteiger partial charge on any atom is 0.228 e.